The van der Waals surface area contributed by atoms with Crippen molar-refractivity contribution in [2.75, 3.05) is 33.7 Å². The molecular formula is C33H48N4O6Si. The van der Waals surface area contributed by atoms with E-state index in [1.54, 1.807) is 7.11 Å². The first kappa shape index (κ1) is 32.4. The number of aryl methyl sites for hydroxylation is 1. The number of para-hydroxylation sites is 1. The number of rotatable bonds is 10. The first-order valence-corrected chi connectivity index (χ1v) is 19.3. The normalized spacial score (nSPS) is 20.6. The van der Waals surface area contributed by atoms with E-state index in [0.717, 1.165) is 46.7 Å². The first-order valence-electron chi connectivity index (χ1n) is 15.6. The van der Waals surface area contributed by atoms with Crippen LogP contribution in [0.4, 0.5) is 4.79 Å². The molecule has 0 aliphatic carbocycles. The highest BCUT2D eigenvalue weighted by Gasteiger charge is 2.45. The van der Waals surface area contributed by atoms with Crippen LogP contribution in [-0.4, -0.2) is 85.2 Å². The Kier molecular flexibility index (Phi) is 9.69. The Bertz CT molecular complexity index is 1450. The molecule has 0 N–H and O–H groups in total. The van der Waals surface area contributed by atoms with Gasteiger partial charge in [-0.15, -0.1) is 10.2 Å². The van der Waals surface area contributed by atoms with Crippen LogP contribution in [0.5, 0.6) is 5.75 Å². The van der Waals surface area contributed by atoms with E-state index in [9.17, 15) is 4.79 Å². The third kappa shape index (κ3) is 7.27. The lowest BCUT2D eigenvalue weighted by Gasteiger charge is -2.48. The summed E-state index contributed by atoms with van der Waals surface area (Å²) in [4.78, 5) is 15.2. The fraction of sp³-hybridized carbons (Fsp3) is 0.606. The number of fused-ring (bicyclic) bond motifs is 3. The molecule has 2 aliphatic heterocycles. The maximum atomic E-state index is 13.3. The second-order valence-corrected chi connectivity index (χ2v) is 19.8. The Morgan fingerprint density at radius 2 is 1.80 bits per heavy atom. The third-order valence-electron chi connectivity index (χ3n) is 8.33. The summed E-state index contributed by atoms with van der Waals surface area (Å²) in [6.07, 6.45) is 1.29. The summed E-state index contributed by atoms with van der Waals surface area (Å²) in [6.45, 7) is 17.2. The molecule has 2 bridgehead atoms. The Balaban J connectivity index is 1.51. The van der Waals surface area contributed by atoms with Crippen LogP contribution < -0.4 is 4.74 Å². The quantitative estimate of drug-likeness (QED) is 0.142. The van der Waals surface area contributed by atoms with Crippen LogP contribution in [0, 0.1) is 6.92 Å². The number of hydrogen-bond acceptors (Lipinski definition) is 8. The summed E-state index contributed by atoms with van der Waals surface area (Å²) in [5.41, 5.74) is 4.21. The summed E-state index contributed by atoms with van der Waals surface area (Å²) >= 11 is 0. The van der Waals surface area contributed by atoms with Crippen LogP contribution in [0.2, 0.25) is 25.7 Å². The Morgan fingerprint density at radius 1 is 1.09 bits per heavy atom. The number of aromatic nitrogens is 3. The molecule has 1 aromatic carbocycles. The van der Waals surface area contributed by atoms with Gasteiger partial charge in [0.05, 0.1) is 31.0 Å². The smallest absolute Gasteiger partial charge is 0.410 e. The molecule has 3 aromatic rings. The number of carbonyl (C=O) groups excluding carboxylic acids is 1. The van der Waals surface area contributed by atoms with Crippen LogP contribution in [0.15, 0.2) is 30.3 Å². The molecular weight excluding hydrogens is 576 g/mol. The van der Waals surface area contributed by atoms with Crippen LogP contribution in [-0.2, 0) is 25.7 Å². The molecule has 10 nitrogen and oxygen atoms in total. The summed E-state index contributed by atoms with van der Waals surface area (Å²) in [5.74, 6) is 0.889. The van der Waals surface area contributed by atoms with E-state index in [1.807, 2.05) is 49.9 Å². The van der Waals surface area contributed by atoms with Crippen molar-refractivity contribution in [2.45, 2.75) is 96.6 Å². The van der Waals surface area contributed by atoms with Gasteiger partial charge in [0.15, 0.2) is 12.4 Å². The lowest BCUT2D eigenvalue weighted by molar-refractivity contribution is -0.0832. The van der Waals surface area contributed by atoms with Crippen molar-refractivity contribution in [2.24, 2.45) is 0 Å². The minimum atomic E-state index is -1.25. The zero-order valence-electron chi connectivity index (χ0n) is 27.5. The van der Waals surface area contributed by atoms with Crippen molar-refractivity contribution >= 4 is 25.2 Å². The van der Waals surface area contributed by atoms with Crippen molar-refractivity contribution in [1.29, 1.82) is 0 Å². The van der Waals surface area contributed by atoms with Crippen molar-refractivity contribution in [3.8, 4) is 17.0 Å². The minimum Gasteiger partial charge on any atom is -0.467 e. The highest BCUT2D eigenvalue weighted by molar-refractivity contribution is 6.76. The monoisotopic (exact) mass is 624 g/mol. The number of carbonyl (C=O) groups is 1. The predicted octanol–water partition coefficient (Wildman–Crippen LogP) is 6.58. The van der Waals surface area contributed by atoms with Gasteiger partial charge in [0, 0.05) is 44.4 Å². The van der Waals surface area contributed by atoms with Gasteiger partial charge in [0.2, 0.25) is 0 Å². The molecule has 2 fully saturated rings. The summed E-state index contributed by atoms with van der Waals surface area (Å²) < 4.78 is 31.3. The second-order valence-electron chi connectivity index (χ2n) is 14.2. The standard InChI is InChI=1S/C33H48N4O6Si/c1-22-27-17-28(26-11-9-10-12-29(26)42-21-39-5)34-35-31(27)36(20-40-13-14-44(6,7)8)30(22)23-15-24-18-41-19-25(16-23)37(24)32(38)43-33(2,3)4/h9-12,17,23-25H,13-16,18-21H2,1-8H3/t23?,24-,25+. The van der Waals surface area contributed by atoms with Gasteiger partial charge in [0.1, 0.15) is 18.1 Å². The number of methoxy groups -OCH3 is 1. The summed E-state index contributed by atoms with van der Waals surface area (Å²) in [7, 11) is 0.356. The van der Waals surface area contributed by atoms with Crippen LogP contribution in [0.3, 0.4) is 0 Å². The Labute approximate surface area is 262 Å². The highest BCUT2D eigenvalue weighted by atomic mass is 28.3. The molecule has 1 amide bonds. The van der Waals surface area contributed by atoms with Gasteiger partial charge in [0.25, 0.3) is 0 Å². The van der Waals surface area contributed by atoms with E-state index in [-0.39, 0.29) is 30.9 Å². The molecule has 2 saturated heterocycles. The number of ether oxygens (including phenoxy) is 5. The fourth-order valence-electron chi connectivity index (χ4n) is 6.32. The van der Waals surface area contributed by atoms with Gasteiger partial charge in [-0.3, -0.25) is 4.90 Å². The molecule has 240 valence electrons. The average molecular weight is 625 g/mol. The highest BCUT2D eigenvalue weighted by Crippen LogP contribution is 2.42. The lowest BCUT2D eigenvalue weighted by atomic mass is 9.82. The van der Waals surface area contributed by atoms with Crippen molar-refractivity contribution in [3.05, 3.63) is 41.6 Å². The third-order valence-corrected chi connectivity index (χ3v) is 10.0. The fourth-order valence-corrected chi connectivity index (χ4v) is 7.07. The largest absolute Gasteiger partial charge is 0.467 e. The number of benzene rings is 1. The minimum absolute atomic E-state index is 0.0625. The second kappa shape index (κ2) is 13.2. The van der Waals surface area contributed by atoms with Crippen LogP contribution >= 0.6 is 0 Å². The number of nitrogens with zero attached hydrogens (tertiary/aromatic N) is 4. The molecule has 2 aliphatic rings. The SMILES string of the molecule is COCOc1ccccc1-c1cc2c(C)c(C3C[C@H]4COC[C@@H](C3)N4C(=O)OC(C)(C)C)n(COCC[Si](C)(C)C)c2nn1. The van der Waals surface area contributed by atoms with E-state index in [2.05, 4.69) is 42.3 Å². The molecule has 44 heavy (non-hydrogen) atoms. The molecule has 1 unspecified atom stereocenters. The number of morpholine rings is 1. The van der Waals surface area contributed by atoms with Crippen LogP contribution in [0.1, 0.15) is 50.8 Å². The van der Waals surface area contributed by atoms with Gasteiger partial charge in [-0.2, -0.15) is 0 Å². The zero-order chi connectivity index (χ0) is 31.6. The number of hydrogen-bond donors (Lipinski definition) is 0. The molecule has 0 saturated carbocycles. The maximum absolute atomic E-state index is 13.3. The number of piperidine rings is 1. The molecule has 11 heteroatoms. The van der Waals surface area contributed by atoms with Crippen molar-refractivity contribution in [1.82, 2.24) is 19.7 Å². The lowest BCUT2D eigenvalue weighted by Crippen LogP contribution is -2.59. The van der Waals surface area contributed by atoms with Gasteiger partial charge >= 0.3 is 6.09 Å². The molecule has 5 rings (SSSR count). The molecule has 3 atom stereocenters. The Hall–Kier alpha value is -2.99. The van der Waals surface area contributed by atoms with Gasteiger partial charge < -0.3 is 28.3 Å². The average Bonchev–Trinajstić information content (AvgIpc) is 3.22. The summed E-state index contributed by atoms with van der Waals surface area (Å²) in [6, 6.07) is 10.9. The van der Waals surface area contributed by atoms with E-state index in [1.165, 1.54) is 5.69 Å². The molecule has 0 spiro atoms. The van der Waals surface area contributed by atoms with E-state index >= 15 is 0 Å². The van der Waals surface area contributed by atoms with E-state index < -0.39 is 13.7 Å². The van der Waals surface area contributed by atoms with Gasteiger partial charge in [-0.1, -0.05) is 31.8 Å². The Morgan fingerprint density at radius 3 is 2.45 bits per heavy atom. The van der Waals surface area contributed by atoms with E-state index in [4.69, 9.17) is 28.8 Å². The molecule has 0 radical (unpaired) electrons. The van der Waals surface area contributed by atoms with Gasteiger partial charge in [-0.25, -0.2) is 4.79 Å². The molecule has 4 heterocycles. The van der Waals surface area contributed by atoms with Crippen molar-refractivity contribution < 1.29 is 28.5 Å². The zero-order valence-corrected chi connectivity index (χ0v) is 28.5. The maximum Gasteiger partial charge on any atom is 0.410 e. The predicted molar refractivity (Wildman–Crippen MR) is 173 cm³/mol. The topological polar surface area (TPSA) is 97.2 Å². The van der Waals surface area contributed by atoms with E-state index in [0.29, 0.717) is 32.3 Å². The first-order chi connectivity index (χ1) is 20.9. The number of amides is 1. The van der Waals surface area contributed by atoms with Crippen molar-refractivity contribution in [3.63, 3.8) is 0 Å². The van der Waals surface area contributed by atoms with Crippen LogP contribution in [0.25, 0.3) is 22.3 Å². The van der Waals surface area contributed by atoms with Gasteiger partial charge in [-0.05, 0) is 70.3 Å². The summed E-state index contributed by atoms with van der Waals surface area (Å²) in [5, 5.41) is 10.5. The molecule has 2 aromatic heterocycles.